The minimum absolute atomic E-state index is 0.0780. The number of tetrazole rings is 1. The molecule has 1 atom stereocenters. The van der Waals surface area contributed by atoms with Gasteiger partial charge >= 0.3 is 0 Å². The predicted molar refractivity (Wildman–Crippen MR) is 91.5 cm³/mol. The molecule has 1 amide bonds. The van der Waals surface area contributed by atoms with Gasteiger partial charge in [0.25, 0.3) is 5.91 Å². The van der Waals surface area contributed by atoms with Crippen LogP contribution in [0, 0.1) is 12.8 Å². The summed E-state index contributed by atoms with van der Waals surface area (Å²) >= 11 is 0. The molecule has 0 bridgehead atoms. The second-order valence-corrected chi connectivity index (χ2v) is 6.27. The number of carbonyl (C=O) groups excluding carboxylic acids is 1. The number of H-pyrrole nitrogens is 1. The van der Waals surface area contributed by atoms with Gasteiger partial charge in [-0.05, 0) is 49.1 Å². The fraction of sp³-hybridized carbons (Fsp3) is 0.278. The number of aryl methyl sites for hydroxylation is 1. The van der Waals surface area contributed by atoms with Crippen LogP contribution in [0.25, 0.3) is 11.4 Å². The van der Waals surface area contributed by atoms with Gasteiger partial charge in [-0.2, -0.15) is 5.21 Å². The van der Waals surface area contributed by atoms with Crippen LogP contribution in [-0.4, -0.2) is 31.5 Å². The summed E-state index contributed by atoms with van der Waals surface area (Å²) in [5.74, 6) is 0.693. The van der Waals surface area contributed by atoms with E-state index in [0.717, 1.165) is 24.2 Å². The Kier molecular flexibility index (Phi) is 3.97. The Hall–Kier alpha value is -3.09. The summed E-state index contributed by atoms with van der Waals surface area (Å²) in [4.78, 5) is 17.5. The lowest BCUT2D eigenvalue weighted by atomic mass is 10.0. The van der Waals surface area contributed by atoms with E-state index in [1.807, 2.05) is 43.3 Å². The summed E-state index contributed by atoms with van der Waals surface area (Å²) in [5.41, 5.74) is 3.04. The molecule has 25 heavy (non-hydrogen) atoms. The van der Waals surface area contributed by atoms with Gasteiger partial charge in [-0.25, -0.2) is 0 Å². The van der Waals surface area contributed by atoms with E-state index in [1.54, 1.807) is 6.07 Å². The van der Waals surface area contributed by atoms with Crippen molar-refractivity contribution < 1.29 is 4.79 Å². The number of carbonyl (C=O) groups is 1. The Bertz CT molecular complexity index is 888. The molecule has 0 aliphatic heterocycles. The molecule has 1 aliphatic carbocycles. The second kappa shape index (κ2) is 6.43. The van der Waals surface area contributed by atoms with Gasteiger partial charge < -0.3 is 5.32 Å². The van der Waals surface area contributed by atoms with Crippen LogP contribution in [0.3, 0.4) is 0 Å². The number of hydrogen-bond donors (Lipinski definition) is 2. The highest BCUT2D eigenvalue weighted by atomic mass is 16.1. The normalized spacial score (nSPS) is 14.9. The first-order valence-electron chi connectivity index (χ1n) is 8.29. The zero-order valence-corrected chi connectivity index (χ0v) is 13.8. The molecule has 1 aliphatic rings. The molecule has 2 aromatic heterocycles. The molecule has 126 valence electrons. The number of nitrogens with one attached hydrogen (secondary N) is 2. The molecule has 0 spiro atoms. The summed E-state index contributed by atoms with van der Waals surface area (Å²) in [7, 11) is 0. The smallest absolute Gasteiger partial charge is 0.252 e. The van der Waals surface area contributed by atoms with Gasteiger partial charge in [0.2, 0.25) is 5.82 Å². The first-order valence-corrected chi connectivity index (χ1v) is 8.29. The van der Waals surface area contributed by atoms with Crippen LogP contribution in [0.15, 0.2) is 42.5 Å². The van der Waals surface area contributed by atoms with E-state index in [0.29, 0.717) is 22.9 Å². The van der Waals surface area contributed by atoms with Crippen molar-refractivity contribution >= 4 is 5.91 Å². The predicted octanol–water partition coefficient (Wildman–Crippen LogP) is 2.45. The first-order chi connectivity index (χ1) is 12.2. The van der Waals surface area contributed by atoms with Gasteiger partial charge in [0.05, 0.1) is 17.3 Å². The van der Waals surface area contributed by atoms with E-state index in [2.05, 4.69) is 30.9 Å². The van der Waals surface area contributed by atoms with Gasteiger partial charge in [-0.1, -0.05) is 24.3 Å². The molecular weight excluding hydrogens is 316 g/mol. The molecule has 7 heteroatoms. The van der Waals surface area contributed by atoms with Gasteiger partial charge in [0.1, 0.15) is 0 Å². The maximum atomic E-state index is 12.9. The average Bonchev–Trinajstić information content (AvgIpc) is 3.32. The molecule has 1 fully saturated rings. The number of amides is 1. The maximum absolute atomic E-state index is 12.9. The van der Waals surface area contributed by atoms with Crippen molar-refractivity contribution in [3.8, 4) is 11.4 Å². The molecule has 3 aromatic rings. The SMILES string of the molecule is Cc1cccc(C(NC(=O)c2ccccc2-c2nn[nH]n2)C2CC2)n1. The van der Waals surface area contributed by atoms with E-state index < -0.39 is 0 Å². The zero-order chi connectivity index (χ0) is 17.2. The summed E-state index contributed by atoms with van der Waals surface area (Å²) in [6, 6.07) is 13.1. The number of aromatic nitrogens is 5. The monoisotopic (exact) mass is 334 g/mol. The molecule has 2 heterocycles. The van der Waals surface area contributed by atoms with Gasteiger partial charge in [-0.3, -0.25) is 9.78 Å². The van der Waals surface area contributed by atoms with Crippen LogP contribution in [0.2, 0.25) is 0 Å². The number of aromatic amines is 1. The summed E-state index contributed by atoms with van der Waals surface area (Å²) < 4.78 is 0. The van der Waals surface area contributed by atoms with Crippen LogP contribution < -0.4 is 5.32 Å². The Morgan fingerprint density at radius 3 is 2.76 bits per heavy atom. The fourth-order valence-corrected chi connectivity index (χ4v) is 2.97. The number of benzene rings is 1. The summed E-state index contributed by atoms with van der Waals surface area (Å²) in [5, 5.41) is 17.1. The Morgan fingerprint density at radius 1 is 1.20 bits per heavy atom. The van der Waals surface area contributed by atoms with E-state index >= 15 is 0 Å². The van der Waals surface area contributed by atoms with E-state index in [4.69, 9.17) is 0 Å². The molecule has 0 radical (unpaired) electrons. The first kappa shape index (κ1) is 15.4. The average molecular weight is 334 g/mol. The lowest BCUT2D eigenvalue weighted by Crippen LogP contribution is -2.31. The Balaban J connectivity index is 1.63. The minimum Gasteiger partial charge on any atom is -0.343 e. The summed E-state index contributed by atoms with van der Waals surface area (Å²) in [6.07, 6.45) is 2.21. The molecule has 7 nitrogen and oxygen atoms in total. The van der Waals surface area contributed by atoms with Crippen LogP contribution in [0.1, 0.15) is 40.6 Å². The number of nitrogens with zero attached hydrogens (tertiary/aromatic N) is 4. The van der Waals surface area contributed by atoms with Crippen LogP contribution in [0.4, 0.5) is 0 Å². The molecule has 4 rings (SSSR count). The number of rotatable bonds is 5. The molecule has 2 N–H and O–H groups in total. The fourth-order valence-electron chi connectivity index (χ4n) is 2.97. The highest BCUT2D eigenvalue weighted by Gasteiger charge is 2.35. The Labute approximate surface area is 144 Å². The zero-order valence-electron chi connectivity index (χ0n) is 13.8. The minimum atomic E-state index is -0.152. The van der Waals surface area contributed by atoms with Gasteiger partial charge in [-0.15, -0.1) is 10.2 Å². The van der Waals surface area contributed by atoms with Crippen molar-refractivity contribution in [2.75, 3.05) is 0 Å². The third-order valence-electron chi connectivity index (χ3n) is 4.37. The van der Waals surface area contributed by atoms with E-state index in [9.17, 15) is 4.79 Å². The van der Waals surface area contributed by atoms with Crippen molar-refractivity contribution in [3.63, 3.8) is 0 Å². The van der Waals surface area contributed by atoms with Gasteiger partial charge in [0.15, 0.2) is 0 Å². The van der Waals surface area contributed by atoms with Crippen molar-refractivity contribution in [3.05, 3.63) is 59.4 Å². The van der Waals surface area contributed by atoms with Crippen LogP contribution >= 0.6 is 0 Å². The van der Waals surface area contributed by atoms with Crippen molar-refractivity contribution in [2.45, 2.75) is 25.8 Å². The molecular formula is C18H18N6O. The third-order valence-corrected chi connectivity index (χ3v) is 4.37. The molecule has 1 unspecified atom stereocenters. The lowest BCUT2D eigenvalue weighted by molar-refractivity contribution is 0.0931. The third kappa shape index (κ3) is 3.26. The lowest BCUT2D eigenvalue weighted by Gasteiger charge is -2.19. The molecule has 0 saturated heterocycles. The van der Waals surface area contributed by atoms with Gasteiger partial charge in [0, 0.05) is 11.3 Å². The van der Waals surface area contributed by atoms with E-state index in [-0.39, 0.29) is 11.9 Å². The highest BCUT2D eigenvalue weighted by molar-refractivity contribution is 6.00. The quantitative estimate of drug-likeness (QED) is 0.747. The van der Waals surface area contributed by atoms with E-state index in [1.165, 1.54) is 0 Å². The highest BCUT2D eigenvalue weighted by Crippen LogP contribution is 2.40. The number of hydrogen-bond acceptors (Lipinski definition) is 5. The molecule has 1 saturated carbocycles. The van der Waals surface area contributed by atoms with Crippen molar-refractivity contribution in [1.82, 2.24) is 30.9 Å². The second-order valence-electron chi connectivity index (χ2n) is 6.27. The summed E-state index contributed by atoms with van der Waals surface area (Å²) in [6.45, 7) is 1.96. The number of pyridine rings is 1. The largest absolute Gasteiger partial charge is 0.343 e. The van der Waals surface area contributed by atoms with Crippen molar-refractivity contribution in [2.24, 2.45) is 5.92 Å². The topological polar surface area (TPSA) is 96.5 Å². The Morgan fingerprint density at radius 2 is 2.04 bits per heavy atom. The van der Waals surface area contributed by atoms with Crippen molar-refractivity contribution in [1.29, 1.82) is 0 Å². The molecule has 1 aromatic carbocycles. The van der Waals surface area contributed by atoms with Crippen LogP contribution in [-0.2, 0) is 0 Å². The standard InChI is InChI=1S/C18H18N6O/c1-11-5-4-8-15(19-11)16(12-9-10-12)20-18(25)14-7-3-2-6-13(14)17-21-23-24-22-17/h2-8,12,16H,9-10H2,1H3,(H,20,25)(H,21,22,23,24). The van der Waals surface area contributed by atoms with Crippen LogP contribution in [0.5, 0.6) is 0 Å². The maximum Gasteiger partial charge on any atom is 0.252 e.